The van der Waals surface area contributed by atoms with E-state index in [-0.39, 0.29) is 0 Å². The van der Waals surface area contributed by atoms with E-state index in [1.165, 1.54) is 4.88 Å². The standard InChI is InChI=1S/C13H14BrNOS/c14-11-8-13(17-10-11)9-15-6-7-16-12-4-2-1-3-5-12/h1-5,8,10,15H,6-7,9H2. The third kappa shape index (κ3) is 4.50. The van der Waals surface area contributed by atoms with Crippen molar-refractivity contribution in [2.24, 2.45) is 0 Å². The fourth-order valence-electron chi connectivity index (χ4n) is 1.42. The van der Waals surface area contributed by atoms with E-state index in [1.807, 2.05) is 30.3 Å². The number of halogens is 1. The van der Waals surface area contributed by atoms with Crippen LogP contribution in [0.1, 0.15) is 4.88 Å². The maximum atomic E-state index is 5.58. The van der Waals surface area contributed by atoms with E-state index < -0.39 is 0 Å². The van der Waals surface area contributed by atoms with Gasteiger partial charge in [-0.3, -0.25) is 0 Å². The summed E-state index contributed by atoms with van der Waals surface area (Å²) in [5.41, 5.74) is 0. The maximum absolute atomic E-state index is 5.58. The molecule has 0 saturated heterocycles. The SMILES string of the molecule is Brc1csc(CNCCOc2ccccc2)c1. The second-order valence-corrected chi connectivity index (χ2v) is 5.48. The zero-order valence-electron chi connectivity index (χ0n) is 9.36. The molecular formula is C13H14BrNOS. The largest absolute Gasteiger partial charge is 0.492 e. The minimum atomic E-state index is 0.691. The van der Waals surface area contributed by atoms with E-state index in [0.717, 1.165) is 23.3 Å². The van der Waals surface area contributed by atoms with Gasteiger partial charge in [0.1, 0.15) is 12.4 Å². The third-order valence-corrected chi connectivity index (χ3v) is 3.91. The molecule has 0 fully saturated rings. The molecular weight excluding hydrogens is 298 g/mol. The number of rotatable bonds is 6. The Balaban J connectivity index is 1.61. The minimum absolute atomic E-state index is 0.691. The smallest absolute Gasteiger partial charge is 0.119 e. The van der Waals surface area contributed by atoms with E-state index in [2.05, 4.69) is 32.7 Å². The number of thiophene rings is 1. The lowest BCUT2D eigenvalue weighted by Gasteiger charge is -2.06. The Morgan fingerprint density at radius 1 is 1.24 bits per heavy atom. The van der Waals surface area contributed by atoms with Gasteiger partial charge in [-0.05, 0) is 34.1 Å². The Morgan fingerprint density at radius 3 is 2.76 bits per heavy atom. The fourth-order valence-corrected chi connectivity index (χ4v) is 2.84. The number of hydrogen-bond donors (Lipinski definition) is 1. The van der Waals surface area contributed by atoms with Gasteiger partial charge in [0.05, 0.1) is 0 Å². The molecule has 0 aliphatic heterocycles. The van der Waals surface area contributed by atoms with Gasteiger partial charge in [-0.15, -0.1) is 11.3 Å². The van der Waals surface area contributed by atoms with E-state index in [4.69, 9.17) is 4.74 Å². The predicted octanol–water partition coefficient (Wildman–Crippen LogP) is 3.68. The van der Waals surface area contributed by atoms with Crippen LogP contribution in [0, 0.1) is 0 Å². The molecule has 2 nitrogen and oxygen atoms in total. The van der Waals surface area contributed by atoms with Crippen LogP contribution in [0.2, 0.25) is 0 Å². The molecule has 2 aromatic rings. The number of para-hydroxylation sites is 1. The minimum Gasteiger partial charge on any atom is -0.492 e. The second kappa shape index (κ2) is 6.79. The first-order chi connectivity index (χ1) is 8.34. The van der Waals surface area contributed by atoms with Crippen molar-refractivity contribution in [2.45, 2.75) is 6.54 Å². The lowest BCUT2D eigenvalue weighted by molar-refractivity contribution is 0.314. The molecule has 0 amide bonds. The second-order valence-electron chi connectivity index (χ2n) is 3.57. The van der Waals surface area contributed by atoms with Gasteiger partial charge in [-0.1, -0.05) is 18.2 Å². The van der Waals surface area contributed by atoms with Crippen LogP contribution in [0.15, 0.2) is 46.3 Å². The highest BCUT2D eigenvalue weighted by atomic mass is 79.9. The Hall–Kier alpha value is -0.840. The summed E-state index contributed by atoms with van der Waals surface area (Å²) in [6.07, 6.45) is 0. The van der Waals surface area contributed by atoms with Crippen LogP contribution in [0.5, 0.6) is 5.75 Å². The number of ether oxygens (including phenoxy) is 1. The summed E-state index contributed by atoms with van der Waals surface area (Å²) in [7, 11) is 0. The molecule has 0 saturated carbocycles. The van der Waals surface area contributed by atoms with E-state index in [1.54, 1.807) is 11.3 Å². The van der Waals surface area contributed by atoms with Gasteiger partial charge in [-0.25, -0.2) is 0 Å². The van der Waals surface area contributed by atoms with Crippen molar-refractivity contribution >= 4 is 27.3 Å². The van der Waals surface area contributed by atoms with Crippen LogP contribution in [-0.2, 0) is 6.54 Å². The Labute approximate surface area is 114 Å². The predicted molar refractivity (Wildman–Crippen MR) is 75.7 cm³/mol. The average molecular weight is 312 g/mol. The van der Waals surface area contributed by atoms with Gasteiger partial charge in [0.15, 0.2) is 0 Å². The molecule has 2 rings (SSSR count). The number of nitrogens with one attached hydrogen (secondary N) is 1. The van der Waals surface area contributed by atoms with E-state index in [0.29, 0.717) is 6.61 Å². The Kier molecular flexibility index (Phi) is 5.04. The summed E-state index contributed by atoms with van der Waals surface area (Å²) in [6, 6.07) is 12.0. The molecule has 0 bridgehead atoms. The van der Waals surface area contributed by atoms with Gasteiger partial charge in [0, 0.05) is 27.8 Å². The molecule has 4 heteroatoms. The van der Waals surface area contributed by atoms with E-state index >= 15 is 0 Å². The number of benzene rings is 1. The highest BCUT2D eigenvalue weighted by molar-refractivity contribution is 9.10. The molecule has 0 radical (unpaired) electrons. The van der Waals surface area contributed by atoms with Crippen molar-refractivity contribution in [1.82, 2.24) is 5.32 Å². The highest BCUT2D eigenvalue weighted by Gasteiger charge is 1.97. The Morgan fingerprint density at radius 2 is 2.06 bits per heavy atom. The molecule has 0 atom stereocenters. The van der Waals surface area contributed by atoms with Crippen LogP contribution < -0.4 is 10.1 Å². The molecule has 1 aromatic heterocycles. The van der Waals surface area contributed by atoms with Crippen LogP contribution in [0.3, 0.4) is 0 Å². The van der Waals surface area contributed by atoms with Crippen molar-refractivity contribution in [3.63, 3.8) is 0 Å². The molecule has 0 spiro atoms. The first-order valence-electron chi connectivity index (χ1n) is 5.46. The normalized spacial score (nSPS) is 10.4. The molecule has 1 heterocycles. The van der Waals surface area contributed by atoms with Crippen molar-refractivity contribution < 1.29 is 4.74 Å². The highest BCUT2D eigenvalue weighted by Crippen LogP contribution is 2.19. The lowest BCUT2D eigenvalue weighted by atomic mass is 10.3. The molecule has 0 aliphatic carbocycles. The van der Waals surface area contributed by atoms with Crippen molar-refractivity contribution in [3.8, 4) is 5.75 Å². The molecule has 0 unspecified atom stereocenters. The first kappa shape index (κ1) is 12.6. The monoisotopic (exact) mass is 311 g/mol. The molecule has 1 N–H and O–H groups in total. The van der Waals surface area contributed by atoms with Crippen molar-refractivity contribution in [3.05, 3.63) is 51.1 Å². The summed E-state index contributed by atoms with van der Waals surface area (Å²) in [5, 5.41) is 5.44. The maximum Gasteiger partial charge on any atom is 0.119 e. The molecule has 1 aromatic carbocycles. The summed E-state index contributed by atoms with van der Waals surface area (Å²) in [5.74, 6) is 0.924. The lowest BCUT2D eigenvalue weighted by Crippen LogP contribution is -2.20. The van der Waals surface area contributed by atoms with Crippen molar-refractivity contribution in [2.75, 3.05) is 13.2 Å². The first-order valence-corrected chi connectivity index (χ1v) is 7.13. The van der Waals surface area contributed by atoms with Crippen LogP contribution in [0.25, 0.3) is 0 Å². The summed E-state index contributed by atoms with van der Waals surface area (Å²) in [6.45, 7) is 2.44. The average Bonchev–Trinajstić information content (AvgIpc) is 2.76. The van der Waals surface area contributed by atoms with E-state index in [9.17, 15) is 0 Å². The Bertz CT molecular complexity index is 444. The van der Waals surface area contributed by atoms with Gasteiger partial charge in [-0.2, -0.15) is 0 Å². The zero-order chi connectivity index (χ0) is 11.9. The van der Waals surface area contributed by atoms with Gasteiger partial charge >= 0.3 is 0 Å². The van der Waals surface area contributed by atoms with Crippen LogP contribution in [-0.4, -0.2) is 13.2 Å². The van der Waals surface area contributed by atoms with Gasteiger partial charge in [0.2, 0.25) is 0 Å². The quantitative estimate of drug-likeness (QED) is 0.822. The third-order valence-electron chi connectivity index (χ3n) is 2.21. The zero-order valence-corrected chi connectivity index (χ0v) is 11.8. The van der Waals surface area contributed by atoms with Crippen LogP contribution in [0.4, 0.5) is 0 Å². The fraction of sp³-hybridized carbons (Fsp3) is 0.231. The van der Waals surface area contributed by atoms with Crippen molar-refractivity contribution in [1.29, 1.82) is 0 Å². The van der Waals surface area contributed by atoms with Gasteiger partial charge < -0.3 is 10.1 Å². The van der Waals surface area contributed by atoms with Gasteiger partial charge in [0.25, 0.3) is 0 Å². The molecule has 90 valence electrons. The molecule has 17 heavy (non-hydrogen) atoms. The summed E-state index contributed by atoms with van der Waals surface area (Å²) < 4.78 is 6.73. The summed E-state index contributed by atoms with van der Waals surface area (Å²) >= 11 is 5.20. The summed E-state index contributed by atoms with van der Waals surface area (Å²) in [4.78, 5) is 1.33. The topological polar surface area (TPSA) is 21.3 Å². The molecule has 0 aliphatic rings. The number of hydrogen-bond acceptors (Lipinski definition) is 3. The van der Waals surface area contributed by atoms with Crippen LogP contribution >= 0.6 is 27.3 Å².